The summed E-state index contributed by atoms with van der Waals surface area (Å²) < 4.78 is 35.5. The Bertz CT molecular complexity index is 848. The lowest BCUT2D eigenvalue weighted by molar-refractivity contribution is 0.317. The van der Waals surface area contributed by atoms with Crippen LogP contribution < -0.4 is 14.3 Å². The van der Waals surface area contributed by atoms with Crippen LogP contribution in [-0.4, -0.2) is 28.3 Å². The minimum absolute atomic E-state index is 0.0483. The predicted molar refractivity (Wildman–Crippen MR) is 97.9 cm³/mol. The first-order chi connectivity index (χ1) is 12.0. The highest BCUT2D eigenvalue weighted by atomic mass is 32.2. The molecule has 0 bridgehead atoms. The minimum Gasteiger partial charge on any atom is -0.495 e. The highest BCUT2D eigenvalue weighted by Gasteiger charge is 2.18. The average molecular weight is 362 g/mol. The fourth-order valence-electron chi connectivity index (χ4n) is 2.12. The molecule has 0 spiro atoms. The van der Waals surface area contributed by atoms with Crippen molar-refractivity contribution >= 4 is 16.2 Å². The van der Waals surface area contributed by atoms with E-state index in [0.717, 1.165) is 17.5 Å². The summed E-state index contributed by atoms with van der Waals surface area (Å²) in [5.74, 6) is 0.984. The van der Waals surface area contributed by atoms with E-state index in [1.807, 2.05) is 32.0 Å². The maximum atomic E-state index is 12.4. The van der Waals surface area contributed by atoms with Crippen molar-refractivity contribution in [2.45, 2.75) is 25.2 Å². The zero-order chi connectivity index (χ0) is 18.3. The third kappa shape index (κ3) is 5.22. The van der Waals surface area contributed by atoms with Crippen LogP contribution in [0.1, 0.15) is 24.5 Å². The first-order valence-electron chi connectivity index (χ1n) is 7.88. The lowest BCUT2D eigenvalue weighted by Crippen LogP contribution is -2.19. The number of sulfonamides is 1. The quantitative estimate of drug-likeness (QED) is 0.578. The molecule has 0 amide bonds. The van der Waals surface area contributed by atoms with E-state index < -0.39 is 10.0 Å². The van der Waals surface area contributed by atoms with Crippen molar-refractivity contribution in [1.82, 2.24) is 4.83 Å². The van der Waals surface area contributed by atoms with Crippen LogP contribution in [0.15, 0.2) is 52.5 Å². The zero-order valence-corrected chi connectivity index (χ0v) is 15.3. The molecular weight excluding hydrogens is 340 g/mol. The predicted octanol–water partition coefficient (Wildman–Crippen LogP) is 3.10. The van der Waals surface area contributed by atoms with Gasteiger partial charge in [0, 0.05) is 0 Å². The number of hydrogen-bond donors (Lipinski definition) is 1. The van der Waals surface area contributed by atoms with E-state index in [1.165, 1.54) is 19.4 Å². The van der Waals surface area contributed by atoms with Gasteiger partial charge in [-0.2, -0.15) is 18.4 Å². The Kier molecular flexibility index (Phi) is 6.41. The van der Waals surface area contributed by atoms with Crippen LogP contribution in [-0.2, 0) is 10.0 Å². The van der Waals surface area contributed by atoms with Gasteiger partial charge in [-0.15, -0.1) is 0 Å². The van der Waals surface area contributed by atoms with Crippen molar-refractivity contribution in [3.05, 3.63) is 53.6 Å². The molecule has 2 rings (SSSR count). The largest absolute Gasteiger partial charge is 0.495 e. The van der Waals surface area contributed by atoms with Gasteiger partial charge in [-0.1, -0.05) is 25.1 Å². The number of hydrazone groups is 1. The molecule has 25 heavy (non-hydrogen) atoms. The number of benzene rings is 2. The average Bonchev–Trinajstić information content (AvgIpc) is 2.60. The number of rotatable bonds is 8. The molecule has 2 aromatic rings. The summed E-state index contributed by atoms with van der Waals surface area (Å²) in [6.07, 6.45) is 2.34. The van der Waals surface area contributed by atoms with Gasteiger partial charge in [0.05, 0.1) is 19.9 Å². The van der Waals surface area contributed by atoms with Crippen LogP contribution in [0.2, 0.25) is 0 Å². The third-order valence-electron chi connectivity index (χ3n) is 3.33. The molecule has 6 nitrogen and oxygen atoms in total. The molecule has 0 saturated heterocycles. The van der Waals surface area contributed by atoms with E-state index in [0.29, 0.717) is 12.4 Å². The summed E-state index contributed by atoms with van der Waals surface area (Å²) in [5, 5.41) is 3.84. The van der Waals surface area contributed by atoms with Crippen LogP contribution >= 0.6 is 0 Å². The standard InChI is InChI=1S/C18H22N2O4S/c1-4-10-24-16-7-5-6-15(12-16)13-19-20-25(21,22)18-11-14(2)8-9-17(18)23-3/h5-9,11-13,20H,4,10H2,1-3H3/b19-13+. The Hall–Kier alpha value is -2.54. The molecule has 2 aromatic carbocycles. The molecule has 0 aliphatic rings. The molecule has 7 heteroatoms. The number of aryl methyl sites for hydroxylation is 1. The number of hydrogen-bond acceptors (Lipinski definition) is 5. The normalized spacial score (nSPS) is 11.5. The topological polar surface area (TPSA) is 77.0 Å². The minimum atomic E-state index is -3.82. The summed E-state index contributed by atoms with van der Waals surface area (Å²) in [6, 6.07) is 12.2. The fourth-order valence-corrected chi connectivity index (χ4v) is 3.17. The highest BCUT2D eigenvalue weighted by molar-refractivity contribution is 7.89. The lowest BCUT2D eigenvalue weighted by atomic mass is 10.2. The smallest absolute Gasteiger partial charge is 0.280 e. The molecule has 0 atom stereocenters. The third-order valence-corrected chi connectivity index (χ3v) is 4.57. The lowest BCUT2D eigenvalue weighted by Gasteiger charge is -2.09. The molecule has 0 saturated carbocycles. The maximum Gasteiger partial charge on any atom is 0.280 e. The van der Waals surface area contributed by atoms with Gasteiger partial charge in [0.25, 0.3) is 10.0 Å². The Balaban J connectivity index is 2.14. The first-order valence-corrected chi connectivity index (χ1v) is 9.37. The molecular formula is C18H22N2O4S. The molecule has 0 heterocycles. The molecule has 0 unspecified atom stereocenters. The summed E-state index contributed by atoms with van der Waals surface area (Å²) in [7, 11) is -2.40. The van der Waals surface area contributed by atoms with Crippen LogP contribution in [0, 0.1) is 6.92 Å². The van der Waals surface area contributed by atoms with Crippen molar-refractivity contribution in [1.29, 1.82) is 0 Å². The summed E-state index contributed by atoms with van der Waals surface area (Å²) in [6.45, 7) is 4.46. The van der Waals surface area contributed by atoms with E-state index in [4.69, 9.17) is 9.47 Å². The van der Waals surface area contributed by atoms with E-state index in [2.05, 4.69) is 9.93 Å². The molecule has 0 aromatic heterocycles. The van der Waals surface area contributed by atoms with Crippen molar-refractivity contribution in [3.8, 4) is 11.5 Å². The van der Waals surface area contributed by atoms with Gasteiger partial charge in [0.2, 0.25) is 0 Å². The SMILES string of the molecule is CCCOc1cccc(/C=N/NS(=O)(=O)c2cc(C)ccc2OC)c1. The van der Waals surface area contributed by atoms with Gasteiger partial charge in [0.1, 0.15) is 16.4 Å². The molecule has 134 valence electrons. The number of ether oxygens (including phenoxy) is 2. The van der Waals surface area contributed by atoms with E-state index in [-0.39, 0.29) is 10.6 Å². The van der Waals surface area contributed by atoms with Gasteiger partial charge in [-0.3, -0.25) is 0 Å². The summed E-state index contributed by atoms with van der Waals surface area (Å²) >= 11 is 0. The number of nitrogens with one attached hydrogen (secondary N) is 1. The summed E-state index contributed by atoms with van der Waals surface area (Å²) in [5.41, 5.74) is 1.54. The Morgan fingerprint density at radius 3 is 2.72 bits per heavy atom. The van der Waals surface area contributed by atoms with Gasteiger partial charge < -0.3 is 9.47 Å². The maximum absolute atomic E-state index is 12.4. The Labute approximate surface area is 148 Å². The monoisotopic (exact) mass is 362 g/mol. The van der Waals surface area contributed by atoms with Gasteiger partial charge in [-0.25, -0.2) is 0 Å². The van der Waals surface area contributed by atoms with Crippen molar-refractivity contribution in [2.24, 2.45) is 5.10 Å². The molecule has 0 fully saturated rings. The molecule has 1 N–H and O–H groups in total. The Morgan fingerprint density at radius 1 is 1.20 bits per heavy atom. The van der Waals surface area contributed by atoms with Crippen LogP contribution in [0.3, 0.4) is 0 Å². The van der Waals surface area contributed by atoms with Crippen molar-refractivity contribution in [3.63, 3.8) is 0 Å². The van der Waals surface area contributed by atoms with E-state index in [9.17, 15) is 8.42 Å². The number of nitrogens with zero attached hydrogens (tertiary/aromatic N) is 1. The highest BCUT2D eigenvalue weighted by Crippen LogP contribution is 2.24. The van der Waals surface area contributed by atoms with E-state index >= 15 is 0 Å². The van der Waals surface area contributed by atoms with Crippen molar-refractivity contribution < 1.29 is 17.9 Å². The number of methoxy groups -OCH3 is 1. The van der Waals surface area contributed by atoms with Gasteiger partial charge >= 0.3 is 0 Å². The second kappa shape index (κ2) is 8.53. The zero-order valence-electron chi connectivity index (χ0n) is 14.5. The first kappa shape index (κ1) is 18.8. The van der Waals surface area contributed by atoms with Gasteiger partial charge in [0.15, 0.2) is 0 Å². The summed E-state index contributed by atoms with van der Waals surface area (Å²) in [4.78, 5) is 2.26. The second-order valence-electron chi connectivity index (χ2n) is 5.43. The molecule has 0 radical (unpaired) electrons. The Morgan fingerprint density at radius 2 is 2.00 bits per heavy atom. The molecule has 0 aliphatic heterocycles. The van der Waals surface area contributed by atoms with E-state index in [1.54, 1.807) is 18.2 Å². The molecule has 0 aliphatic carbocycles. The van der Waals surface area contributed by atoms with Crippen LogP contribution in [0.4, 0.5) is 0 Å². The van der Waals surface area contributed by atoms with Gasteiger partial charge in [-0.05, 0) is 48.7 Å². The van der Waals surface area contributed by atoms with Crippen LogP contribution in [0.5, 0.6) is 11.5 Å². The second-order valence-corrected chi connectivity index (χ2v) is 7.06. The van der Waals surface area contributed by atoms with Crippen molar-refractivity contribution in [2.75, 3.05) is 13.7 Å². The fraction of sp³-hybridized carbons (Fsp3) is 0.278. The van der Waals surface area contributed by atoms with Crippen LogP contribution in [0.25, 0.3) is 0 Å².